The molecule has 5 nitrogen and oxygen atoms in total. The lowest BCUT2D eigenvalue weighted by Gasteiger charge is -2.15. The maximum absolute atomic E-state index is 12.3. The molecule has 1 amide bonds. The zero-order valence-electron chi connectivity index (χ0n) is 15.4. The Hall–Kier alpha value is -2.92. The zero-order valence-corrected chi connectivity index (χ0v) is 16.1. The molecule has 0 aliphatic heterocycles. The molecule has 28 heavy (non-hydrogen) atoms. The monoisotopic (exact) mass is 392 g/mol. The summed E-state index contributed by atoms with van der Waals surface area (Å²) in [5.74, 6) is 0.326. The minimum Gasteiger partial charge on any atom is -0.380 e. The number of benzene rings is 2. The predicted molar refractivity (Wildman–Crippen MR) is 110 cm³/mol. The number of carbonyl (C=O) groups excluding carboxylic acids is 1. The summed E-state index contributed by atoms with van der Waals surface area (Å²) in [6.07, 6.45) is 5.27. The Labute approximate surface area is 169 Å². The maximum atomic E-state index is 12.3. The predicted octanol–water partition coefficient (Wildman–Crippen LogP) is 4.55. The van der Waals surface area contributed by atoms with Crippen molar-refractivity contribution in [2.75, 3.05) is 5.32 Å². The van der Waals surface area contributed by atoms with E-state index in [1.807, 2.05) is 24.3 Å². The van der Waals surface area contributed by atoms with Crippen molar-refractivity contribution in [3.05, 3.63) is 88.5 Å². The van der Waals surface area contributed by atoms with Crippen LogP contribution in [0, 0.1) is 0 Å². The summed E-state index contributed by atoms with van der Waals surface area (Å²) in [5, 5.41) is 7.03. The third-order valence-electron chi connectivity index (χ3n) is 4.83. The highest BCUT2D eigenvalue weighted by Gasteiger charge is 2.27. The summed E-state index contributed by atoms with van der Waals surface area (Å²) >= 11 is 6.53. The van der Waals surface area contributed by atoms with Gasteiger partial charge in [-0.25, -0.2) is 9.97 Å². The fourth-order valence-electron chi connectivity index (χ4n) is 3.18. The maximum Gasteiger partial charge on any atom is 0.270 e. The Kier molecular flexibility index (Phi) is 5.53. The van der Waals surface area contributed by atoms with Crippen molar-refractivity contribution in [2.24, 2.45) is 0 Å². The summed E-state index contributed by atoms with van der Waals surface area (Å²) in [7, 11) is 0. The smallest absolute Gasteiger partial charge is 0.270 e. The highest BCUT2D eigenvalue weighted by molar-refractivity contribution is 6.33. The van der Waals surface area contributed by atoms with Crippen LogP contribution in [0.3, 0.4) is 0 Å². The first-order chi connectivity index (χ1) is 13.7. The van der Waals surface area contributed by atoms with Gasteiger partial charge in [-0.05, 0) is 53.6 Å². The first kappa shape index (κ1) is 18.4. The van der Waals surface area contributed by atoms with Crippen molar-refractivity contribution in [1.29, 1.82) is 0 Å². The summed E-state index contributed by atoms with van der Waals surface area (Å²) < 4.78 is 0. The lowest BCUT2D eigenvalue weighted by atomic mass is 10.0. The molecule has 1 aliphatic carbocycles. The molecule has 6 heteroatoms. The molecule has 2 N–H and O–H groups in total. The van der Waals surface area contributed by atoms with Crippen molar-refractivity contribution >= 4 is 23.2 Å². The Morgan fingerprint density at radius 1 is 1.11 bits per heavy atom. The topological polar surface area (TPSA) is 66.9 Å². The fraction of sp³-hybridized carbons (Fsp3) is 0.227. The van der Waals surface area contributed by atoms with E-state index < -0.39 is 0 Å². The molecule has 1 heterocycles. The number of anilines is 1. The van der Waals surface area contributed by atoms with Crippen LogP contribution in [0.15, 0.2) is 61.1 Å². The minimum atomic E-state index is -0.216. The van der Waals surface area contributed by atoms with E-state index >= 15 is 0 Å². The summed E-state index contributed by atoms with van der Waals surface area (Å²) in [6, 6.07) is 15.9. The molecule has 0 saturated heterocycles. The molecule has 1 aromatic heterocycles. The number of nitrogens with one attached hydrogen (secondary N) is 2. The van der Waals surface area contributed by atoms with E-state index in [0.717, 1.165) is 11.3 Å². The number of carbonyl (C=O) groups is 1. The van der Waals surface area contributed by atoms with E-state index in [-0.39, 0.29) is 5.91 Å². The van der Waals surface area contributed by atoms with Gasteiger partial charge in [0.05, 0.1) is 10.7 Å². The number of rotatable bonds is 7. The van der Waals surface area contributed by atoms with Gasteiger partial charge in [0.1, 0.15) is 12.0 Å². The second kappa shape index (κ2) is 8.40. The highest BCUT2D eigenvalue weighted by Crippen LogP contribution is 2.44. The van der Waals surface area contributed by atoms with Gasteiger partial charge in [-0.1, -0.05) is 41.9 Å². The van der Waals surface area contributed by atoms with Crippen molar-refractivity contribution in [3.8, 4) is 0 Å². The summed E-state index contributed by atoms with van der Waals surface area (Å²) in [6.45, 7) is 1.14. The van der Waals surface area contributed by atoms with E-state index in [2.05, 4.69) is 38.8 Å². The van der Waals surface area contributed by atoms with Gasteiger partial charge < -0.3 is 10.6 Å². The van der Waals surface area contributed by atoms with Crippen molar-refractivity contribution in [1.82, 2.24) is 15.3 Å². The number of halogens is 1. The van der Waals surface area contributed by atoms with Gasteiger partial charge in [0.25, 0.3) is 5.91 Å². The molecule has 1 saturated carbocycles. The summed E-state index contributed by atoms with van der Waals surface area (Å²) in [5.41, 5.74) is 4.80. The molecule has 0 unspecified atom stereocenters. The van der Waals surface area contributed by atoms with Gasteiger partial charge in [-0.2, -0.15) is 0 Å². The number of hydrogen-bond acceptors (Lipinski definition) is 4. The lowest BCUT2D eigenvalue weighted by molar-refractivity contribution is 0.0945. The molecule has 1 fully saturated rings. The Balaban J connectivity index is 1.48. The minimum absolute atomic E-state index is 0.216. The van der Waals surface area contributed by atoms with E-state index in [1.165, 1.54) is 30.3 Å². The standard InChI is InChI=1S/C22H21ClN4O/c23-19-10-17(13-26-22(28)20-8-9-24-14-27-20)18(16-6-7-16)11-21(19)25-12-15-4-2-1-3-5-15/h1-5,8-11,14,16,25H,6-7,12-13H2,(H,26,28). The van der Waals surface area contributed by atoms with Crippen molar-refractivity contribution in [2.45, 2.75) is 31.8 Å². The van der Waals surface area contributed by atoms with Crippen LogP contribution in [0.5, 0.6) is 0 Å². The molecule has 142 valence electrons. The van der Waals surface area contributed by atoms with Crippen LogP contribution in [0.4, 0.5) is 5.69 Å². The SMILES string of the molecule is O=C(NCc1cc(Cl)c(NCc2ccccc2)cc1C1CC1)c1ccncn1. The zero-order chi connectivity index (χ0) is 19.3. The average molecular weight is 393 g/mol. The Bertz CT molecular complexity index is 959. The van der Waals surface area contributed by atoms with Gasteiger partial charge in [0.15, 0.2) is 0 Å². The quantitative estimate of drug-likeness (QED) is 0.619. The summed E-state index contributed by atoms with van der Waals surface area (Å²) in [4.78, 5) is 20.1. The Morgan fingerprint density at radius 2 is 1.93 bits per heavy atom. The molecule has 0 atom stereocenters. The third-order valence-corrected chi connectivity index (χ3v) is 5.14. The van der Waals surface area contributed by atoms with Crippen molar-refractivity contribution in [3.63, 3.8) is 0 Å². The van der Waals surface area contributed by atoms with Crippen LogP contribution in [0.2, 0.25) is 5.02 Å². The highest BCUT2D eigenvalue weighted by atomic mass is 35.5. The van der Waals surface area contributed by atoms with E-state index in [0.29, 0.717) is 29.7 Å². The van der Waals surface area contributed by atoms with Crippen molar-refractivity contribution < 1.29 is 4.79 Å². The average Bonchev–Trinajstić information content (AvgIpc) is 3.58. The number of aromatic nitrogens is 2. The third kappa shape index (κ3) is 4.49. The molecule has 4 rings (SSSR count). The van der Waals surface area contributed by atoms with E-state index in [9.17, 15) is 4.79 Å². The molecule has 3 aromatic rings. The fourth-order valence-corrected chi connectivity index (χ4v) is 3.43. The largest absolute Gasteiger partial charge is 0.380 e. The van der Waals surface area contributed by atoms with Crippen LogP contribution >= 0.6 is 11.6 Å². The first-order valence-electron chi connectivity index (χ1n) is 9.35. The van der Waals surface area contributed by atoms with Crippen LogP contribution in [-0.2, 0) is 13.1 Å². The normalized spacial score (nSPS) is 13.2. The second-order valence-electron chi connectivity index (χ2n) is 6.92. The van der Waals surface area contributed by atoms with Crippen LogP contribution < -0.4 is 10.6 Å². The van der Waals surface area contributed by atoms with Crippen LogP contribution in [0.25, 0.3) is 0 Å². The van der Waals surface area contributed by atoms with Gasteiger partial charge >= 0.3 is 0 Å². The number of hydrogen-bond donors (Lipinski definition) is 2. The molecule has 0 radical (unpaired) electrons. The molecule has 0 spiro atoms. The Morgan fingerprint density at radius 3 is 2.64 bits per heavy atom. The van der Waals surface area contributed by atoms with E-state index in [1.54, 1.807) is 12.3 Å². The van der Waals surface area contributed by atoms with Gasteiger partial charge in [-0.15, -0.1) is 0 Å². The first-order valence-corrected chi connectivity index (χ1v) is 9.73. The molecule has 2 aromatic carbocycles. The number of amides is 1. The molecule has 0 bridgehead atoms. The number of nitrogens with zero attached hydrogens (tertiary/aromatic N) is 2. The van der Waals surface area contributed by atoms with Gasteiger partial charge in [0, 0.05) is 19.3 Å². The lowest BCUT2D eigenvalue weighted by Crippen LogP contribution is -2.24. The van der Waals surface area contributed by atoms with E-state index in [4.69, 9.17) is 11.6 Å². The molecule has 1 aliphatic rings. The molecular weight excluding hydrogens is 372 g/mol. The van der Waals surface area contributed by atoms with Crippen LogP contribution in [-0.4, -0.2) is 15.9 Å². The second-order valence-corrected chi connectivity index (χ2v) is 7.33. The van der Waals surface area contributed by atoms with Gasteiger partial charge in [0.2, 0.25) is 0 Å². The van der Waals surface area contributed by atoms with Crippen LogP contribution in [0.1, 0.15) is 45.9 Å². The molecular formula is C22H21ClN4O. The van der Waals surface area contributed by atoms with Gasteiger partial charge in [-0.3, -0.25) is 4.79 Å².